The minimum absolute atomic E-state index is 0.125. The first-order valence-corrected chi connectivity index (χ1v) is 6.28. The highest BCUT2D eigenvalue weighted by molar-refractivity contribution is 5.88. The van der Waals surface area contributed by atoms with Crippen LogP contribution in [0.5, 0.6) is 11.5 Å². The van der Waals surface area contributed by atoms with E-state index in [9.17, 15) is 4.79 Å². The smallest absolute Gasteiger partial charge is 0.303 e. The van der Waals surface area contributed by atoms with Crippen LogP contribution in [0.2, 0.25) is 0 Å². The Balaban J connectivity index is 2.02. The first-order chi connectivity index (χ1) is 9.15. The Labute approximate surface area is 110 Å². The molecule has 0 bridgehead atoms. The second-order valence-electron chi connectivity index (χ2n) is 4.66. The second-order valence-corrected chi connectivity index (χ2v) is 4.66. The summed E-state index contributed by atoms with van der Waals surface area (Å²) in [4.78, 5) is 13.9. The Bertz CT molecular complexity index is 644. The zero-order valence-electron chi connectivity index (χ0n) is 10.7. The van der Waals surface area contributed by atoms with Gasteiger partial charge < -0.3 is 19.6 Å². The summed E-state index contributed by atoms with van der Waals surface area (Å²) >= 11 is 0. The van der Waals surface area contributed by atoms with E-state index in [0.717, 1.165) is 33.7 Å². The van der Waals surface area contributed by atoms with Crippen molar-refractivity contribution >= 4 is 16.9 Å². The Morgan fingerprint density at radius 2 is 2.00 bits per heavy atom. The molecule has 1 aliphatic heterocycles. The molecule has 0 saturated carbocycles. The summed E-state index contributed by atoms with van der Waals surface area (Å²) < 4.78 is 11.1. The molecule has 0 saturated heterocycles. The van der Waals surface area contributed by atoms with Gasteiger partial charge in [-0.1, -0.05) is 0 Å². The first-order valence-electron chi connectivity index (χ1n) is 6.28. The predicted octanol–water partition coefficient (Wildman–Crippen LogP) is 2.26. The van der Waals surface area contributed by atoms with Gasteiger partial charge in [-0.25, -0.2) is 0 Å². The lowest BCUT2D eigenvalue weighted by atomic mass is 10.1. The fourth-order valence-electron chi connectivity index (χ4n) is 2.40. The third-order valence-corrected chi connectivity index (χ3v) is 3.41. The van der Waals surface area contributed by atoms with Gasteiger partial charge in [0.05, 0.1) is 6.42 Å². The van der Waals surface area contributed by atoms with E-state index in [0.29, 0.717) is 19.6 Å². The molecule has 1 aliphatic rings. The molecular weight excluding hydrogens is 246 g/mol. The minimum Gasteiger partial charge on any atom is -0.486 e. The monoisotopic (exact) mass is 261 g/mol. The number of aryl methyl sites for hydroxylation is 2. The number of hydrogen-bond donors (Lipinski definition) is 2. The number of nitrogens with one attached hydrogen (secondary N) is 1. The van der Waals surface area contributed by atoms with Crippen molar-refractivity contribution in [1.29, 1.82) is 0 Å². The van der Waals surface area contributed by atoms with Crippen molar-refractivity contribution in [2.75, 3.05) is 13.2 Å². The van der Waals surface area contributed by atoms with E-state index in [1.165, 1.54) is 0 Å². The highest BCUT2D eigenvalue weighted by Crippen LogP contribution is 2.36. The van der Waals surface area contributed by atoms with Gasteiger partial charge in [0.25, 0.3) is 0 Å². The molecule has 0 unspecified atom stereocenters. The summed E-state index contributed by atoms with van der Waals surface area (Å²) in [5, 5.41) is 9.82. The summed E-state index contributed by atoms with van der Waals surface area (Å²) in [7, 11) is 0. The average Bonchev–Trinajstić information content (AvgIpc) is 2.70. The van der Waals surface area contributed by atoms with Crippen molar-refractivity contribution in [2.24, 2.45) is 0 Å². The molecule has 1 aromatic heterocycles. The fourth-order valence-corrected chi connectivity index (χ4v) is 2.40. The van der Waals surface area contributed by atoms with Crippen molar-refractivity contribution in [3.05, 3.63) is 23.4 Å². The minimum atomic E-state index is -0.788. The van der Waals surface area contributed by atoms with Crippen LogP contribution in [0.1, 0.15) is 17.7 Å². The lowest BCUT2D eigenvalue weighted by Crippen LogP contribution is -2.15. The average molecular weight is 261 g/mol. The third kappa shape index (κ3) is 2.12. The van der Waals surface area contributed by atoms with Crippen molar-refractivity contribution in [3.8, 4) is 11.5 Å². The van der Waals surface area contributed by atoms with Crippen molar-refractivity contribution < 1.29 is 19.4 Å². The van der Waals surface area contributed by atoms with E-state index in [1.807, 2.05) is 19.1 Å². The SMILES string of the molecule is Cc1c(CCC(=O)O)[nH]c2cc3c(cc12)OCCO3. The normalized spacial score (nSPS) is 13.7. The number of H-pyrrole nitrogens is 1. The summed E-state index contributed by atoms with van der Waals surface area (Å²) in [6.07, 6.45) is 0.628. The van der Waals surface area contributed by atoms with Crippen molar-refractivity contribution in [3.63, 3.8) is 0 Å². The van der Waals surface area contributed by atoms with Crippen molar-refractivity contribution in [2.45, 2.75) is 19.8 Å². The quantitative estimate of drug-likeness (QED) is 0.889. The first kappa shape index (κ1) is 11.9. The number of aromatic amines is 1. The molecule has 2 aromatic rings. The number of fused-ring (bicyclic) bond motifs is 2. The maximum absolute atomic E-state index is 10.7. The topological polar surface area (TPSA) is 71.5 Å². The van der Waals surface area contributed by atoms with Crippen LogP contribution in [0.25, 0.3) is 10.9 Å². The molecule has 1 aromatic carbocycles. The largest absolute Gasteiger partial charge is 0.486 e. The number of carbonyl (C=O) groups is 1. The van der Waals surface area contributed by atoms with Crippen LogP contribution in [0.3, 0.4) is 0 Å². The van der Waals surface area contributed by atoms with Gasteiger partial charge >= 0.3 is 5.97 Å². The van der Waals surface area contributed by atoms with E-state index in [2.05, 4.69) is 4.98 Å². The van der Waals surface area contributed by atoms with Gasteiger partial charge in [0, 0.05) is 22.7 Å². The number of aromatic nitrogens is 1. The highest BCUT2D eigenvalue weighted by Gasteiger charge is 2.16. The van der Waals surface area contributed by atoms with Crippen LogP contribution in [-0.2, 0) is 11.2 Å². The Kier molecular flexibility index (Phi) is 2.81. The van der Waals surface area contributed by atoms with Crippen LogP contribution in [0.15, 0.2) is 12.1 Å². The number of carboxylic acids is 1. The number of rotatable bonds is 3. The van der Waals surface area contributed by atoms with Crippen LogP contribution >= 0.6 is 0 Å². The van der Waals surface area contributed by atoms with Crippen molar-refractivity contribution in [1.82, 2.24) is 4.98 Å². The van der Waals surface area contributed by atoms with Gasteiger partial charge in [0.2, 0.25) is 0 Å². The van der Waals surface area contributed by atoms with E-state index >= 15 is 0 Å². The molecule has 0 aliphatic carbocycles. The van der Waals surface area contributed by atoms with Gasteiger partial charge in [0.15, 0.2) is 11.5 Å². The van der Waals surface area contributed by atoms with E-state index in [-0.39, 0.29) is 6.42 Å². The van der Waals surface area contributed by atoms with Gasteiger partial charge in [-0.2, -0.15) is 0 Å². The Morgan fingerprint density at radius 1 is 1.32 bits per heavy atom. The van der Waals surface area contributed by atoms with Gasteiger partial charge in [-0.3, -0.25) is 4.79 Å². The molecule has 2 N–H and O–H groups in total. The Morgan fingerprint density at radius 3 is 2.68 bits per heavy atom. The molecular formula is C14H15NO4. The molecule has 0 amide bonds. The maximum Gasteiger partial charge on any atom is 0.303 e. The predicted molar refractivity (Wildman–Crippen MR) is 70.0 cm³/mol. The molecule has 0 radical (unpaired) electrons. The standard InChI is InChI=1S/C14H15NO4/c1-8-9-6-12-13(19-5-4-18-12)7-11(9)15-10(8)2-3-14(16)17/h6-7,15H,2-5H2,1H3,(H,16,17). The van der Waals surface area contributed by atoms with Gasteiger partial charge in [0.1, 0.15) is 13.2 Å². The summed E-state index contributed by atoms with van der Waals surface area (Å²) in [5.74, 6) is 0.708. The summed E-state index contributed by atoms with van der Waals surface area (Å²) in [6.45, 7) is 3.12. The molecule has 2 heterocycles. The molecule has 5 heteroatoms. The van der Waals surface area contributed by atoms with E-state index in [1.54, 1.807) is 0 Å². The highest BCUT2D eigenvalue weighted by atomic mass is 16.6. The molecule has 100 valence electrons. The molecule has 0 atom stereocenters. The summed E-state index contributed by atoms with van der Waals surface area (Å²) in [5.41, 5.74) is 3.00. The lowest BCUT2D eigenvalue weighted by molar-refractivity contribution is -0.136. The van der Waals surface area contributed by atoms with Crippen LogP contribution < -0.4 is 9.47 Å². The van der Waals surface area contributed by atoms with Crippen LogP contribution in [0.4, 0.5) is 0 Å². The van der Waals surface area contributed by atoms with E-state index < -0.39 is 5.97 Å². The third-order valence-electron chi connectivity index (χ3n) is 3.41. The fraction of sp³-hybridized carbons (Fsp3) is 0.357. The molecule has 19 heavy (non-hydrogen) atoms. The number of ether oxygens (including phenoxy) is 2. The molecule has 0 fully saturated rings. The van der Waals surface area contributed by atoms with Gasteiger partial charge in [-0.05, 0) is 25.0 Å². The maximum atomic E-state index is 10.7. The second kappa shape index (κ2) is 4.50. The number of benzene rings is 1. The van der Waals surface area contributed by atoms with Crippen LogP contribution in [-0.4, -0.2) is 29.3 Å². The lowest BCUT2D eigenvalue weighted by Gasteiger charge is -2.18. The van der Waals surface area contributed by atoms with Gasteiger partial charge in [-0.15, -0.1) is 0 Å². The summed E-state index contributed by atoms with van der Waals surface area (Å²) in [6, 6.07) is 3.88. The Hall–Kier alpha value is -2.17. The van der Waals surface area contributed by atoms with Crippen LogP contribution in [0, 0.1) is 6.92 Å². The molecule has 5 nitrogen and oxygen atoms in total. The zero-order chi connectivity index (χ0) is 13.4. The van der Waals surface area contributed by atoms with E-state index in [4.69, 9.17) is 14.6 Å². The molecule has 3 rings (SSSR count). The number of aliphatic carboxylic acids is 1. The zero-order valence-corrected chi connectivity index (χ0v) is 10.7. The number of carboxylic acid groups (broad SMARTS) is 1. The number of hydrogen-bond acceptors (Lipinski definition) is 3. The molecule has 0 spiro atoms.